The Morgan fingerprint density at radius 3 is 1.82 bits per heavy atom. The van der Waals surface area contributed by atoms with Gasteiger partial charge in [0.25, 0.3) is 5.78 Å². The molecule has 5 nitrogen and oxygen atoms in total. The quantitative estimate of drug-likeness (QED) is 0.205. The molecule has 0 heterocycles. The van der Waals surface area contributed by atoms with Gasteiger partial charge in [0.2, 0.25) is 0 Å². The van der Waals surface area contributed by atoms with Crippen LogP contribution in [0.5, 0.6) is 5.75 Å². The van der Waals surface area contributed by atoms with E-state index in [0.717, 1.165) is 18.2 Å². The Hall–Kier alpha value is -2.59. The van der Waals surface area contributed by atoms with Crippen LogP contribution in [0.25, 0.3) is 0 Å². The molecule has 0 saturated carbocycles. The monoisotopic (exact) mass is 616 g/mol. The summed E-state index contributed by atoms with van der Waals surface area (Å²) in [4.78, 5) is 11.5. The highest BCUT2D eigenvalue weighted by Crippen LogP contribution is 2.33. The van der Waals surface area contributed by atoms with Crippen LogP contribution in [0.2, 0.25) is 10.0 Å². The van der Waals surface area contributed by atoms with Crippen molar-refractivity contribution in [2.45, 2.75) is 43.2 Å². The SMILES string of the molecule is COC(Cc1ccc(OCCS(=O)(=O)C(C)CC(c2ccc(Cl)cc2)c2ccc(Cl)cc2)cc1)C(=O)C(F)(F)F. The molecule has 3 aromatic carbocycles. The molecular weight excluding hydrogens is 588 g/mol. The molecule has 0 N–H and O–H groups in total. The molecule has 216 valence electrons. The van der Waals surface area contributed by atoms with E-state index in [4.69, 9.17) is 32.7 Å². The molecule has 3 rings (SSSR count). The topological polar surface area (TPSA) is 69.7 Å². The van der Waals surface area contributed by atoms with Crippen LogP contribution >= 0.6 is 23.2 Å². The third-order valence-electron chi connectivity index (χ3n) is 6.56. The Kier molecular flexibility index (Phi) is 11.1. The van der Waals surface area contributed by atoms with E-state index in [0.29, 0.717) is 27.8 Å². The Labute approximate surface area is 242 Å². The summed E-state index contributed by atoms with van der Waals surface area (Å²) in [5.41, 5.74) is 2.30. The van der Waals surface area contributed by atoms with Crippen molar-refractivity contribution in [3.05, 3.63) is 99.5 Å². The van der Waals surface area contributed by atoms with Crippen LogP contribution in [-0.2, 0) is 25.8 Å². The number of hydrogen-bond donors (Lipinski definition) is 0. The fourth-order valence-electron chi connectivity index (χ4n) is 4.21. The Morgan fingerprint density at radius 2 is 1.38 bits per heavy atom. The minimum atomic E-state index is -4.99. The van der Waals surface area contributed by atoms with Crippen LogP contribution in [0.1, 0.15) is 36.0 Å². The van der Waals surface area contributed by atoms with Crippen LogP contribution in [0.3, 0.4) is 0 Å². The molecule has 0 fully saturated rings. The van der Waals surface area contributed by atoms with Gasteiger partial charge in [0.15, 0.2) is 9.84 Å². The molecule has 2 unspecified atom stereocenters. The third kappa shape index (κ3) is 8.96. The predicted octanol–water partition coefficient (Wildman–Crippen LogP) is 7.09. The van der Waals surface area contributed by atoms with Gasteiger partial charge in [-0.1, -0.05) is 59.6 Å². The Morgan fingerprint density at radius 1 is 0.875 bits per heavy atom. The number of methoxy groups -OCH3 is 1. The highest BCUT2D eigenvalue weighted by Gasteiger charge is 2.43. The van der Waals surface area contributed by atoms with Crippen molar-refractivity contribution < 1.29 is 35.9 Å². The highest BCUT2D eigenvalue weighted by molar-refractivity contribution is 7.92. The van der Waals surface area contributed by atoms with E-state index in [9.17, 15) is 26.4 Å². The molecule has 3 aromatic rings. The second-order valence-corrected chi connectivity index (χ2v) is 12.8. The molecule has 0 amide bonds. The van der Waals surface area contributed by atoms with E-state index in [2.05, 4.69) is 0 Å². The average Bonchev–Trinajstić information content (AvgIpc) is 2.91. The van der Waals surface area contributed by atoms with Crippen molar-refractivity contribution in [1.29, 1.82) is 0 Å². The maximum atomic E-state index is 13.1. The number of hydrogen-bond acceptors (Lipinski definition) is 5. The van der Waals surface area contributed by atoms with Crippen molar-refractivity contribution in [2.75, 3.05) is 19.5 Å². The first-order valence-electron chi connectivity index (χ1n) is 12.4. The maximum Gasteiger partial charge on any atom is 0.452 e. The lowest BCUT2D eigenvalue weighted by atomic mass is 9.87. The fourth-order valence-corrected chi connectivity index (χ4v) is 5.67. The first-order valence-corrected chi connectivity index (χ1v) is 14.9. The summed E-state index contributed by atoms with van der Waals surface area (Å²) in [5, 5.41) is 0.475. The van der Waals surface area contributed by atoms with E-state index in [1.807, 2.05) is 24.3 Å². The molecule has 0 aliphatic rings. The van der Waals surface area contributed by atoms with Gasteiger partial charge in [-0.05, 0) is 66.4 Å². The van der Waals surface area contributed by atoms with Gasteiger partial charge in [0.05, 0.1) is 11.0 Å². The summed E-state index contributed by atoms with van der Waals surface area (Å²) in [6, 6.07) is 20.6. The Balaban J connectivity index is 1.61. The van der Waals surface area contributed by atoms with Gasteiger partial charge in [-0.3, -0.25) is 4.79 Å². The van der Waals surface area contributed by atoms with E-state index in [-0.39, 0.29) is 24.7 Å². The molecule has 0 aliphatic heterocycles. The van der Waals surface area contributed by atoms with Crippen LogP contribution in [0.15, 0.2) is 72.8 Å². The number of Topliss-reactive ketones (excluding diaryl/α,β-unsaturated/α-hetero) is 1. The molecule has 40 heavy (non-hydrogen) atoms. The standard InChI is InChI=1S/C29H29Cl2F3O5S/c1-19(17-26(21-5-9-23(30)10-6-21)22-7-11-24(31)12-8-22)40(36,37)16-15-39-25-13-3-20(4-14-25)18-27(38-2)28(35)29(32,33)34/h3-14,19,26-27H,15-18H2,1-2H3. The van der Waals surface area contributed by atoms with Gasteiger partial charge in [0, 0.05) is 29.5 Å². The van der Waals surface area contributed by atoms with Crippen molar-refractivity contribution in [2.24, 2.45) is 0 Å². The van der Waals surface area contributed by atoms with Gasteiger partial charge in [-0.15, -0.1) is 0 Å². The van der Waals surface area contributed by atoms with Gasteiger partial charge < -0.3 is 9.47 Å². The molecule has 0 saturated heterocycles. The number of ketones is 1. The minimum absolute atomic E-state index is 0.105. The van der Waals surface area contributed by atoms with Crippen LogP contribution in [-0.4, -0.2) is 51.2 Å². The van der Waals surface area contributed by atoms with E-state index >= 15 is 0 Å². The fraction of sp³-hybridized carbons (Fsp3) is 0.345. The van der Waals surface area contributed by atoms with Crippen molar-refractivity contribution in [3.8, 4) is 5.75 Å². The zero-order valence-corrected chi connectivity index (χ0v) is 24.2. The largest absolute Gasteiger partial charge is 0.493 e. The molecular formula is C29H29Cl2F3O5S. The first kappa shape index (κ1) is 31.9. The summed E-state index contributed by atoms with van der Waals surface area (Å²) < 4.78 is 74.7. The number of rotatable bonds is 13. The van der Waals surface area contributed by atoms with Gasteiger partial charge >= 0.3 is 6.18 Å². The average molecular weight is 618 g/mol. The molecule has 2 atom stereocenters. The zero-order chi connectivity index (χ0) is 29.5. The summed E-state index contributed by atoms with van der Waals surface area (Å²) in [6.45, 7) is 1.56. The van der Waals surface area contributed by atoms with Gasteiger partial charge in [-0.2, -0.15) is 13.2 Å². The summed E-state index contributed by atoms with van der Waals surface area (Å²) >= 11 is 12.1. The van der Waals surface area contributed by atoms with E-state index in [1.54, 1.807) is 31.2 Å². The number of halogens is 5. The minimum Gasteiger partial charge on any atom is -0.493 e. The second-order valence-electron chi connectivity index (χ2n) is 9.35. The number of sulfone groups is 1. The lowest BCUT2D eigenvalue weighted by Crippen LogP contribution is -2.37. The first-order chi connectivity index (χ1) is 18.8. The van der Waals surface area contributed by atoms with Crippen LogP contribution < -0.4 is 4.74 Å². The number of carbonyl (C=O) groups is 1. The van der Waals surface area contributed by atoms with Crippen LogP contribution in [0.4, 0.5) is 13.2 Å². The smallest absolute Gasteiger partial charge is 0.452 e. The molecule has 0 radical (unpaired) electrons. The lowest BCUT2D eigenvalue weighted by molar-refractivity contribution is -0.181. The predicted molar refractivity (Wildman–Crippen MR) is 150 cm³/mol. The summed E-state index contributed by atoms with van der Waals surface area (Å²) in [5.74, 6) is -2.03. The summed E-state index contributed by atoms with van der Waals surface area (Å²) in [7, 11) is -2.50. The molecule has 0 spiro atoms. The molecule has 0 aliphatic carbocycles. The normalized spacial score (nSPS) is 13.7. The Bertz CT molecular complexity index is 1320. The zero-order valence-electron chi connectivity index (χ0n) is 21.8. The number of ether oxygens (including phenoxy) is 2. The van der Waals surface area contributed by atoms with Crippen molar-refractivity contribution in [3.63, 3.8) is 0 Å². The summed E-state index contributed by atoms with van der Waals surface area (Å²) in [6.07, 6.45) is -6.57. The van der Waals surface area contributed by atoms with Crippen molar-refractivity contribution >= 4 is 38.8 Å². The van der Waals surface area contributed by atoms with E-state index < -0.39 is 33.2 Å². The molecule has 0 aromatic heterocycles. The van der Waals surface area contributed by atoms with Crippen molar-refractivity contribution in [1.82, 2.24) is 0 Å². The van der Waals surface area contributed by atoms with E-state index in [1.165, 1.54) is 24.3 Å². The molecule has 11 heteroatoms. The third-order valence-corrected chi connectivity index (χ3v) is 9.22. The number of carbonyl (C=O) groups excluding carboxylic acids is 1. The lowest BCUT2D eigenvalue weighted by Gasteiger charge is -2.22. The molecule has 0 bridgehead atoms. The van der Waals surface area contributed by atoms with Crippen LogP contribution in [0, 0.1) is 0 Å². The second kappa shape index (κ2) is 13.9. The maximum absolute atomic E-state index is 13.1. The van der Waals surface area contributed by atoms with Gasteiger partial charge in [0.1, 0.15) is 18.5 Å². The van der Waals surface area contributed by atoms with Gasteiger partial charge in [-0.25, -0.2) is 8.42 Å². The number of alkyl halides is 3. The highest BCUT2D eigenvalue weighted by atomic mass is 35.5. The number of benzene rings is 3.